The van der Waals surface area contributed by atoms with Gasteiger partial charge < -0.3 is 14.7 Å². The largest absolute Gasteiger partial charge is 0.494 e. The first-order valence-corrected chi connectivity index (χ1v) is 7.13. The van der Waals surface area contributed by atoms with Crippen molar-refractivity contribution in [2.45, 2.75) is 13.0 Å². The number of carbonyl (C=O) groups is 2. The van der Waals surface area contributed by atoms with E-state index in [1.807, 2.05) is 6.92 Å². The fraction of sp³-hybridized carbons (Fsp3) is 0.385. The Hall–Kier alpha value is -1.69. The number of nitrogens with zero attached hydrogens (tertiary/aromatic N) is 1. The Bertz CT molecular complexity index is 474. The average Bonchev–Trinajstić information content (AvgIpc) is 2.88. The number of hydrogen-bond acceptors (Lipinski definition) is 4. The van der Waals surface area contributed by atoms with E-state index in [9.17, 15) is 9.59 Å². The second-order valence-corrected chi connectivity index (χ2v) is 5.09. The monoisotopic (exact) mass is 281 g/mol. The smallest absolute Gasteiger partial charge is 0.327 e. The van der Waals surface area contributed by atoms with E-state index >= 15 is 0 Å². The molecular formula is C13H15NO4S. The van der Waals surface area contributed by atoms with E-state index in [0.29, 0.717) is 29.5 Å². The highest BCUT2D eigenvalue weighted by atomic mass is 32.2. The minimum absolute atomic E-state index is 0.250. The highest BCUT2D eigenvalue weighted by molar-refractivity contribution is 7.99. The van der Waals surface area contributed by atoms with E-state index in [0.717, 1.165) is 0 Å². The Morgan fingerprint density at radius 2 is 2.11 bits per heavy atom. The molecule has 5 nitrogen and oxygen atoms in total. The Labute approximate surface area is 115 Å². The van der Waals surface area contributed by atoms with Gasteiger partial charge in [-0.2, -0.15) is 0 Å². The fourth-order valence-corrected chi connectivity index (χ4v) is 3.02. The van der Waals surface area contributed by atoms with Crippen LogP contribution in [0.5, 0.6) is 5.75 Å². The Morgan fingerprint density at radius 3 is 2.68 bits per heavy atom. The maximum Gasteiger partial charge on any atom is 0.327 e. The molecule has 1 aliphatic heterocycles. The van der Waals surface area contributed by atoms with Crippen molar-refractivity contribution in [1.82, 2.24) is 4.90 Å². The zero-order valence-corrected chi connectivity index (χ0v) is 11.4. The summed E-state index contributed by atoms with van der Waals surface area (Å²) in [5.41, 5.74) is 0.484. The average molecular weight is 281 g/mol. The highest BCUT2D eigenvalue weighted by Crippen LogP contribution is 2.24. The van der Waals surface area contributed by atoms with Gasteiger partial charge in [-0.05, 0) is 31.2 Å². The number of benzene rings is 1. The van der Waals surface area contributed by atoms with Crippen molar-refractivity contribution >= 4 is 23.6 Å². The van der Waals surface area contributed by atoms with E-state index in [-0.39, 0.29) is 5.91 Å². The minimum Gasteiger partial charge on any atom is -0.494 e. The molecule has 2 rings (SSSR count). The Balaban J connectivity index is 2.12. The predicted octanol–water partition coefficient (Wildman–Crippen LogP) is 1.68. The van der Waals surface area contributed by atoms with Crippen LogP contribution < -0.4 is 4.74 Å². The van der Waals surface area contributed by atoms with Crippen LogP contribution in [-0.2, 0) is 4.79 Å². The molecule has 0 spiro atoms. The summed E-state index contributed by atoms with van der Waals surface area (Å²) in [4.78, 5) is 24.7. The van der Waals surface area contributed by atoms with Crippen molar-refractivity contribution < 1.29 is 19.4 Å². The molecular weight excluding hydrogens is 266 g/mol. The molecule has 0 unspecified atom stereocenters. The van der Waals surface area contributed by atoms with Gasteiger partial charge >= 0.3 is 5.97 Å². The topological polar surface area (TPSA) is 66.8 Å². The molecule has 0 aromatic heterocycles. The molecule has 0 saturated carbocycles. The number of amides is 1. The van der Waals surface area contributed by atoms with Crippen molar-refractivity contribution in [3.05, 3.63) is 29.8 Å². The molecule has 0 aliphatic carbocycles. The third-order valence-electron chi connectivity index (χ3n) is 2.84. The summed E-state index contributed by atoms with van der Waals surface area (Å²) in [7, 11) is 0. The standard InChI is InChI=1S/C13H15NO4S/c1-2-18-10-5-3-9(4-6-10)12(15)14-8-19-7-11(14)13(16)17/h3-6,11H,2,7-8H2,1H3,(H,16,17)/t11-/m1/s1. The van der Waals surface area contributed by atoms with Crippen molar-refractivity contribution in [1.29, 1.82) is 0 Å². The second-order valence-electron chi connectivity index (χ2n) is 4.09. The van der Waals surface area contributed by atoms with Crippen LogP contribution in [0.3, 0.4) is 0 Å². The summed E-state index contributed by atoms with van der Waals surface area (Å²) >= 11 is 1.45. The van der Waals surface area contributed by atoms with Gasteiger partial charge in [0.2, 0.25) is 0 Å². The molecule has 6 heteroatoms. The van der Waals surface area contributed by atoms with Gasteiger partial charge in [-0.3, -0.25) is 4.79 Å². The first-order chi connectivity index (χ1) is 9.13. The van der Waals surface area contributed by atoms with Crippen LogP contribution in [0.15, 0.2) is 24.3 Å². The lowest BCUT2D eigenvalue weighted by Crippen LogP contribution is -2.41. The van der Waals surface area contributed by atoms with Crippen LogP contribution in [0, 0.1) is 0 Å². The molecule has 1 amide bonds. The van der Waals surface area contributed by atoms with Gasteiger partial charge in [0.25, 0.3) is 5.91 Å². The van der Waals surface area contributed by atoms with Gasteiger partial charge in [-0.15, -0.1) is 11.8 Å². The summed E-state index contributed by atoms with van der Waals surface area (Å²) in [5, 5.41) is 9.07. The van der Waals surface area contributed by atoms with Gasteiger partial charge in [-0.25, -0.2) is 4.79 Å². The van der Waals surface area contributed by atoms with E-state index in [2.05, 4.69) is 0 Å². The predicted molar refractivity (Wildman–Crippen MR) is 72.5 cm³/mol. The van der Waals surface area contributed by atoms with Gasteiger partial charge in [0.15, 0.2) is 0 Å². The Kier molecular flexibility index (Phi) is 4.31. The quantitative estimate of drug-likeness (QED) is 0.909. The van der Waals surface area contributed by atoms with Crippen molar-refractivity contribution in [3.8, 4) is 5.75 Å². The van der Waals surface area contributed by atoms with Crippen LogP contribution in [0.1, 0.15) is 17.3 Å². The number of ether oxygens (including phenoxy) is 1. The molecule has 1 atom stereocenters. The normalized spacial score (nSPS) is 18.4. The maximum atomic E-state index is 12.2. The van der Waals surface area contributed by atoms with Gasteiger partial charge in [0.05, 0.1) is 12.5 Å². The molecule has 102 valence electrons. The van der Waals surface area contributed by atoms with Crippen LogP contribution in [0.2, 0.25) is 0 Å². The number of rotatable bonds is 4. The summed E-state index contributed by atoms with van der Waals surface area (Å²) in [6.07, 6.45) is 0. The molecule has 1 aliphatic rings. The fourth-order valence-electron chi connectivity index (χ4n) is 1.87. The number of thioether (sulfide) groups is 1. The molecule has 1 heterocycles. The number of aliphatic carboxylic acids is 1. The highest BCUT2D eigenvalue weighted by Gasteiger charge is 2.34. The van der Waals surface area contributed by atoms with E-state index < -0.39 is 12.0 Å². The number of carboxylic acids is 1. The van der Waals surface area contributed by atoms with E-state index in [1.54, 1.807) is 24.3 Å². The molecule has 1 fully saturated rings. The molecule has 0 radical (unpaired) electrons. The number of hydrogen-bond donors (Lipinski definition) is 1. The van der Waals surface area contributed by atoms with E-state index in [4.69, 9.17) is 9.84 Å². The zero-order chi connectivity index (χ0) is 13.8. The minimum atomic E-state index is -0.954. The molecule has 1 aromatic rings. The maximum absolute atomic E-state index is 12.2. The van der Waals surface area contributed by atoms with Crippen LogP contribution in [-0.4, -0.2) is 46.2 Å². The summed E-state index contributed by atoms with van der Waals surface area (Å²) in [6.45, 7) is 2.45. The van der Waals surface area contributed by atoms with Crippen molar-refractivity contribution in [2.24, 2.45) is 0 Å². The summed E-state index contributed by atoms with van der Waals surface area (Å²) < 4.78 is 5.30. The van der Waals surface area contributed by atoms with Gasteiger partial charge in [0, 0.05) is 11.3 Å². The van der Waals surface area contributed by atoms with Crippen LogP contribution in [0.25, 0.3) is 0 Å². The molecule has 0 bridgehead atoms. The van der Waals surface area contributed by atoms with Gasteiger partial charge in [-0.1, -0.05) is 0 Å². The molecule has 1 saturated heterocycles. The first-order valence-electron chi connectivity index (χ1n) is 5.98. The third-order valence-corrected chi connectivity index (χ3v) is 3.85. The lowest BCUT2D eigenvalue weighted by Gasteiger charge is -2.20. The number of carbonyl (C=O) groups excluding carboxylic acids is 1. The lowest BCUT2D eigenvalue weighted by molar-refractivity contribution is -0.140. The van der Waals surface area contributed by atoms with Crippen molar-refractivity contribution in [2.75, 3.05) is 18.2 Å². The lowest BCUT2D eigenvalue weighted by atomic mass is 10.1. The summed E-state index contributed by atoms with van der Waals surface area (Å²) in [5.74, 6) is 0.357. The molecule has 19 heavy (non-hydrogen) atoms. The molecule has 1 aromatic carbocycles. The summed E-state index contributed by atoms with van der Waals surface area (Å²) in [6, 6.07) is 6.03. The van der Waals surface area contributed by atoms with Crippen molar-refractivity contribution in [3.63, 3.8) is 0 Å². The first kappa shape index (κ1) is 13.7. The zero-order valence-electron chi connectivity index (χ0n) is 10.5. The Morgan fingerprint density at radius 1 is 1.42 bits per heavy atom. The van der Waals surface area contributed by atoms with E-state index in [1.165, 1.54) is 16.7 Å². The second kappa shape index (κ2) is 5.97. The van der Waals surface area contributed by atoms with Crippen LogP contribution in [0.4, 0.5) is 0 Å². The molecule has 1 N–H and O–H groups in total. The number of carboxylic acid groups (broad SMARTS) is 1. The SMILES string of the molecule is CCOc1ccc(C(=O)N2CSC[C@@H]2C(=O)O)cc1. The third kappa shape index (κ3) is 3.01. The van der Waals surface area contributed by atoms with Gasteiger partial charge in [0.1, 0.15) is 11.8 Å². The van der Waals surface area contributed by atoms with Crippen LogP contribution >= 0.6 is 11.8 Å².